The van der Waals surface area contributed by atoms with Crippen LogP contribution < -0.4 is 0 Å². The molecular weight excluding hydrogens is 420 g/mol. The third kappa shape index (κ3) is 4.24. The van der Waals surface area contributed by atoms with E-state index in [-0.39, 0.29) is 6.10 Å². The van der Waals surface area contributed by atoms with Gasteiger partial charge >= 0.3 is 0 Å². The Balaban J connectivity index is 1.25. The maximum absolute atomic E-state index is 11.0. The minimum atomic E-state index is -0.454. The average molecular weight is 473 g/mol. The lowest BCUT2D eigenvalue weighted by atomic mass is 9.46. The van der Waals surface area contributed by atoms with Crippen LogP contribution in [-0.2, 0) is 4.74 Å². The average Bonchev–Trinajstić information content (AvgIpc) is 3.20. The van der Waals surface area contributed by atoms with Gasteiger partial charge in [-0.05, 0) is 130 Å². The fourth-order valence-electron chi connectivity index (χ4n) is 9.96. The van der Waals surface area contributed by atoms with E-state index in [1.807, 2.05) is 0 Å². The molecule has 194 valence electrons. The first-order valence-electron chi connectivity index (χ1n) is 14.9. The third-order valence-corrected chi connectivity index (χ3v) is 12.4. The third-order valence-electron chi connectivity index (χ3n) is 12.4. The van der Waals surface area contributed by atoms with Crippen molar-refractivity contribution in [3.8, 4) is 0 Å². The molecule has 4 aliphatic carbocycles. The number of aliphatic hydroxyl groups excluding tert-OH is 1. The lowest BCUT2D eigenvalue weighted by Gasteiger charge is -2.59. The van der Waals surface area contributed by atoms with Gasteiger partial charge in [0.1, 0.15) is 0 Å². The van der Waals surface area contributed by atoms with E-state index in [1.54, 1.807) is 5.57 Å². The Morgan fingerprint density at radius 1 is 1.00 bits per heavy atom. The highest BCUT2D eigenvalue weighted by molar-refractivity contribution is 5.27. The van der Waals surface area contributed by atoms with Crippen LogP contribution in [0.25, 0.3) is 0 Å². The van der Waals surface area contributed by atoms with Crippen LogP contribution in [0.1, 0.15) is 111 Å². The van der Waals surface area contributed by atoms with Crippen molar-refractivity contribution in [2.45, 2.75) is 123 Å². The maximum Gasteiger partial charge on any atom is 0.0682 e. The molecule has 5 rings (SSSR count). The number of ether oxygens (including phenoxy) is 1. The molecule has 1 aliphatic heterocycles. The zero-order valence-electron chi connectivity index (χ0n) is 22.5. The monoisotopic (exact) mass is 472 g/mol. The molecule has 0 aromatic carbocycles. The van der Waals surface area contributed by atoms with Crippen molar-refractivity contribution in [1.29, 1.82) is 0 Å². The molecule has 5 aliphatic rings. The molecule has 3 heteroatoms. The number of rotatable bonds is 6. The first kappa shape index (κ1) is 25.3. The summed E-state index contributed by atoms with van der Waals surface area (Å²) < 4.78 is 5.50. The van der Waals surface area contributed by atoms with Crippen molar-refractivity contribution in [2.24, 2.45) is 46.3 Å². The summed E-state index contributed by atoms with van der Waals surface area (Å²) in [5.41, 5.74) is 1.94. The highest BCUT2D eigenvalue weighted by Crippen LogP contribution is 2.67. The molecule has 0 amide bonds. The van der Waals surface area contributed by atoms with Crippen LogP contribution in [0.2, 0.25) is 0 Å². The molecule has 0 aromatic heterocycles. The SMILES string of the molecule is CC[C@]1(O)CC[C@@]2(C)C(=CC[C@H]3[C@@H]4CC[C@H]([C@H](C)CCC(O)C5CCOCC5)[C@@]4(C)CC[C@@H]32)C1. The van der Waals surface area contributed by atoms with Crippen molar-refractivity contribution >= 4 is 0 Å². The van der Waals surface area contributed by atoms with Crippen molar-refractivity contribution in [3.63, 3.8) is 0 Å². The minimum absolute atomic E-state index is 0.137. The Labute approximate surface area is 209 Å². The van der Waals surface area contributed by atoms with Crippen LogP contribution in [0.3, 0.4) is 0 Å². The van der Waals surface area contributed by atoms with Crippen molar-refractivity contribution < 1.29 is 14.9 Å². The number of hydrogen-bond acceptors (Lipinski definition) is 3. The first-order chi connectivity index (χ1) is 16.2. The largest absolute Gasteiger partial charge is 0.393 e. The summed E-state index contributed by atoms with van der Waals surface area (Å²) in [7, 11) is 0. The van der Waals surface area contributed by atoms with Crippen LogP contribution in [0.15, 0.2) is 11.6 Å². The predicted molar refractivity (Wildman–Crippen MR) is 138 cm³/mol. The topological polar surface area (TPSA) is 49.7 Å². The molecule has 2 N–H and O–H groups in total. The molecule has 1 heterocycles. The summed E-state index contributed by atoms with van der Waals surface area (Å²) >= 11 is 0. The summed E-state index contributed by atoms with van der Waals surface area (Å²) in [5.74, 6) is 4.49. The van der Waals surface area contributed by atoms with Gasteiger partial charge in [-0.3, -0.25) is 0 Å². The van der Waals surface area contributed by atoms with Gasteiger partial charge in [-0.25, -0.2) is 0 Å². The van der Waals surface area contributed by atoms with Gasteiger partial charge in [-0.1, -0.05) is 39.3 Å². The van der Waals surface area contributed by atoms with E-state index in [9.17, 15) is 10.2 Å². The van der Waals surface area contributed by atoms with E-state index >= 15 is 0 Å². The highest BCUT2D eigenvalue weighted by Gasteiger charge is 2.59. The molecule has 1 saturated heterocycles. The molecule has 3 nitrogen and oxygen atoms in total. The first-order valence-corrected chi connectivity index (χ1v) is 14.9. The van der Waals surface area contributed by atoms with Gasteiger partial charge in [0.25, 0.3) is 0 Å². The van der Waals surface area contributed by atoms with Crippen molar-refractivity contribution in [1.82, 2.24) is 0 Å². The molecule has 4 fully saturated rings. The standard InChI is InChI=1S/C31H52O3/c1-5-31(33)17-16-29(3)23(20-31)7-8-24-26-10-9-25(30(26,4)15-12-27(24)29)21(2)6-11-28(32)22-13-18-34-19-14-22/h7,21-22,24-28,32-33H,5-6,8-20H2,1-4H3/t21-,24+,25-,26+,27+,28?,29+,30-,31+/m1/s1. The van der Waals surface area contributed by atoms with Gasteiger partial charge in [-0.2, -0.15) is 0 Å². The van der Waals surface area contributed by atoms with E-state index in [4.69, 9.17) is 4.74 Å². The summed E-state index contributed by atoms with van der Waals surface area (Å²) in [4.78, 5) is 0. The van der Waals surface area contributed by atoms with Gasteiger partial charge in [0.15, 0.2) is 0 Å². The minimum Gasteiger partial charge on any atom is -0.393 e. The van der Waals surface area contributed by atoms with Crippen molar-refractivity contribution in [3.05, 3.63) is 11.6 Å². The molecule has 0 bridgehead atoms. The fourth-order valence-corrected chi connectivity index (χ4v) is 9.96. The summed E-state index contributed by atoms with van der Waals surface area (Å²) in [5, 5.41) is 21.9. The molecular formula is C31H52O3. The van der Waals surface area contributed by atoms with Gasteiger partial charge in [0.2, 0.25) is 0 Å². The van der Waals surface area contributed by atoms with E-state index < -0.39 is 5.60 Å². The number of fused-ring (bicyclic) bond motifs is 5. The van der Waals surface area contributed by atoms with Crippen LogP contribution in [-0.4, -0.2) is 35.1 Å². The molecule has 1 unspecified atom stereocenters. The number of hydrogen-bond donors (Lipinski definition) is 2. The molecule has 3 saturated carbocycles. The molecule has 34 heavy (non-hydrogen) atoms. The van der Waals surface area contributed by atoms with E-state index in [0.717, 1.165) is 75.4 Å². The highest BCUT2D eigenvalue weighted by atomic mass is 16.5. The molecule has 0 aromatic rings. The Kier molecular flexibility index (Phi) is 7.06. The Morgan fingerprint density at radius 2 is 1.76 bits per heavy atom. The van der Waals surface area contributed by atoms with Crippen LogP contribution in [0, 0.1) is 46.3 Å². The normalized spacial score (nSPS) is 46.7. The number of allylic oxidation sites excluding steroid dienone is 1. The fraction of sp³-hybridized carbons (Fsp3) is 0.935. The van der Waals surface area contributed by atoms with Gasteiger partial charge in [0.05, 0.1) is 11.7 Å². The smallest absolute Gasteiger partial charge is 0.0682 e. The molecule has 9 atom stereocenters. The summed E-state index contributed by atoms with van der Waals surface area (Å²) in [6, 6.07) is 0. The molecule has 0 radical (unpaired) electrons. The Morgan fingerprint density at radius 3 is 2.50 bits per heavy atom. The van der Waals surface area contributed by atoms with Crippen LogP contribution in [0.4, 0.5) is 0 Å². The van der Waals surface area contributed by atoms with Gasteiger partial charge < -0.3 is 14.9 Å². The number of aliphatic hydroxyl groups is 2. The van der Waals surface area contributed by atoms with E-state index in [2.05, 4.69) is 33.8 Å². The van der Waals surface area contributed by atoms with Crippen LogP contribution >= 0.6 is 0 Å². The van der Waals surface area contributed by atoms with E-state index in [1.165, 1.54) is 44.9 Å². The second kappa shape index (κ2) is 9.49. The molecule has 0 spiro atoms. The van der Waals surface area contributed by atoms with E-state index in [0.29, 0.717) is 22.7 Å². The summed E-state index contributed by atoms with van der Waals surface area (Å²) in [6.45, 7) is 11.5. The van der Waals surface area contributed by atoms with Gasteiger partial charge in [0, 0.05) is 13.2 Å². The predicted octanol–water partition coefficient (Wildman–Crippen LogP) is 6.91. The zero-order valence-corrected chi connectivity index (χ0v) is 22.5. The maximum atomic E-state index is 11.0. The lowest BCUT2D eigenvalue weighted by molar-refractivity contribution is -0.0760. The second-order valence-corrected chi connectivity index (χ2v) is 13.8. The Hall–Kier alpha value is -0.380. The Bertz CT molecular complexity index is 756. The van der Waals surface area contributed by atoms with Gasteiger partial charge in [-0.15, -0.1) is 0 Å². The lowest BCUT2D eigenvalue weighted by Crippen LogP contribution is -2.52. The second-order valence-electron chi connectivity index (χ2n) is 13.8. The van der Waals surface area contributed by atoms with Crippen molar-refractivity contribution in [2.75, 3.05) is 13.2 Å². The van der Waals surface area contributed by atoms with Crippen LogP contribution in [0.5, 0.6) is 0 Å². The quantitative estimate of drug-likeness (QED) is 0.413. The summed E-state index contributed by atoms with van der Waals surface area (Å²) in [6.07, 6.45) is 17.5. The zero-order chi connectivity index (χ0) is 24.1.